The van der Waals surface area contributed by atoms with E-state index in [1.54, 1.807) is 0 Å². The summed E-state index contributed by atoms with van der Waals surface area (Å²) in [4.78, 5) is 9.91. The lowest BCUT2D eigenvalue weighted by Gasteiger charge is -2.30. The molecule has 128 valence electrons. The molecule has 0 amide bonds. The van der Waals surface area contributed by atoms with E-state index in [1.807, 2.05) is 0 Å². The van der Waals surface area contributed by atoms with Crippen LogP contribution in [0, 0.1) is 35.5 Å². The Morgan fingerprint density at radius 1 is 0.870 bits per heavy atom. The lowest BCUT2D eigenvalue weighted by Crippen LogP contribution is -2.20. The number of hydrogen-bond donors (Lipinski definition) is 1. The molecule has 0 saturated carbocycles. The van der Waals surface area contributed by atoms with Gasteiger partial charge in [-0.05, 0) is 20.8 Å². The van der Waals surface area contributed by atoms with Gasteiger partial charge in [-0.25, -0.2) is 0 Å². The molecule has 0 aromatic heterocycles. The van der Waals surface area contributed by atoms with E-state index in [4.69, 9.17) is 32.2 Å². The van der Waals surface area contributed by atoms with Gasteiger partial charge in [-0.15, -0.1) is 17.8 Å². The number of hydrogen-bond acceptors (Lipinski definition) is 5. The molecule has 0 aromatic rings. The number of alkyl halides is 2. The van der Waals surface area contributed by atoms with Crippen molar-refractivity contribution < 1.29 is 27.6 Å². The molecule has 0 bridgehead atoms. The molecule has 6 nitrogen and oxygen atoms in total. The van der Waals surface area contributed by atoms with Crippen LogP contribution in [0.15, 0.2) is 0 Å². The number of rotatable bonds is 8. The normalized spacial score (nSPS) is 13.5. The second-order valence-electron chi connectivity index (χ2n) is 3.63. The highest BCUT2D eigenvalue weighted by Gasteiger charge is 2.63. The van der Waals surface area contributed by atoms with E-state index in [9.17, 15) is 14.0 Å². The van der Waals surface area contributed by atoms with Crippen LogP contribution in [0.5, 0.6) is 0 Å². The summed E-state index contributed by atoms with van der Waals surface area (Å²) >= 11 is 11.7. The molecule has 0 saturated heterocycles. The zero-order valence-electron chi connectivity index (χ0n) is 12.8. The summed E-state index contributed by atoms with van der Waals surface area (Å²) in [6, 6.07) is 0. The van der Waals surface area contributed by atoms with Crippen molar-refractivity contribution in [2.75, 3.05) is 19.8 Å². The van der Waals surface area contributed by atoms with E-state index >= 15 is 0 Å². The predicted molar refractivity (Wildman–Crippen MR) is 90.1 cm³/mol. The zero-order valence-corrected chi connectivity index (χ0v) is 16.1. The topological polar surface area (TPSA) is 82.1 Å². The van der Waals surface area contributed by atoms with Crippen molar-refractivity contribution >= 4 is 38.4 Å². The molecule has 0 spiro atoms. The van der Waals surface area contributed by atoms with Gasteiger partial charge in [0.1, 0.15) is 19.8 Å². The molecular formula is C13H16Cl2O6P2. The Morgan fingerprint density at radius 2 is 1.22 bits per heavy atom. The van der Waals surface area contributed by atoms with Crippen molar-refractivity contribution in [3.8, 4) is 35.5 Å². The number of halogens is 2. The molecular weight excluding hydrogens is 385 g/mol. The van der Waals surface area contributed by atoms with E-state index in [1.165, 1.54) is 20.8 Å². The molecule has 0 aromatic carbocycles. The highest BCUT2D eigenvalue weighted by Crippen LogP contribution is 2.79. The van der Waals surface area contributed by atoms with Crippen molar-refractivity contribution in [2.24, 2.45) is 0 Å². The van der Waals surface area contributed by atoms with Gasteiger partial charge in [-0.2, -0.15) is 0 Å². The van der Waals surface area contributed by atoms with Gasteiger partial charge < -0.3 is 4.89 Å². The Bertz CT molecular complexity index is 644. The minimum absolute atomic E-state index is 0.372. The maximum Gasteiger partial charge on any atom is 0.380 e. The van der Waals surface area contributed by atoms with Crippen LogP contribution < -0.4 is 0 Å². The van der Waals surface area contributed by atoms with Crippen LogP contribution in [0.3, 0.4) is 0 Å². The first-order valence-electron chi connectivity index (χ1n) is 6.11. The van der Waals surface area contributed by atoms with Gasteiger partial charge in [0.25, 0.3) is 0 Å². The van der Waals surface area contributed by atoms with Gasteiger partial charge in [-0.1, -0.05) is 41.0 Å². The summed E-state index contributed by atoms with van der Waals surface area (Å²) < 4.78 is 36.7. The average Bonchev–Trinajstić information content (AvgIpc) is 2.47. The smallest absolute Gasteiger partial charge is 0.322 e. The third-order valence-corrected chi connectivity index (χ3v) is 8.90. The van der Waals surface area contributed by atoms with Crippen molar-refractivity contribution in [1.82, 2.24) is 0 Å². The summed E-state index contributed by atoms with van der Waals surface area (Å²) in [7, 11) is -9.34. The maximum atomic E-state index is 12.8. The molecule has 1 unspecified atom stereocenters. The van der Waals surface area contributed by atoms with Crippen molar-refractivity contribution in [3.05, 3.63) is 0 Å². The van der Waals surface area contributed by atoms with Crippen LogP contribution in [0.25, 0.3) is 0 Å². The van der Waals surface area contributed by atoms with Gasteiger partial charge in [0.2, 0.25) is 0 Å². The summed E-state index contributed by atoms with van der Waals surface area (Å²) in [6.45, 7) is 3.37. The van der Waals surface area contributed by atoms with E-state index in [-0.39, 0.29) is 13.2 Å². The SMILES string of the molecule is CC#CCOP(=O)(O)C(Cl)(Cl)P(=O)(OCC#CC)OCC#CC. The molecule has 1 N–H and O–H groups in total. The van der Waals surface area contributed by atoms with Gasteiger partial charge in [0.15, 0.2) is 0 Å². The van der Waals surface area contributed by atoms with E-state index in [0.29, 0.717) is 0 Å². The highest BCUT2D eigenvalue weighted by atomic mass is 35.5. The lowest BCUT2D eigenvalue weighted by molar-refractivity contribution is 0.233. The maximum absolute atomic E-state index is 12.8. The molecule has 1 atom stereocenters. The van der Waals surface area contributed by atoms with Gasteiger partial charge in [-0.3, -0.25) is 22.7 Å². The van der Waals surface area contributed by atoms with Crippen molar-refractivity contribution in [2.45, 2.75) is 24.6 Å². The van der Waals surface area contributed by atoms with Gasteiger partial charge >= 0.3 is 19.0 Å². The fourth-order valence-electron chi connectivity index (χ4n) is 0.996. The second kappa shape index (κ2) is 10.4. The van der Waals surface area contributed by atoms with Crippen LogP contribution >= 0.6 is 38.4 Å². The average molecular weight is 401 g/mol. The minimum Gasteiger partial charge on any atom is -0.322 e. The third kappa shape index (κ3) is 6.52. The van der Waals surface area contributed by atoms with Crippen LogP contribution in [0.2, 0.25) is 0 Å². The third-order valence-electron chi connectivity index (χ3n) is 2.12. The summed E-state index contributed by atoms with van der Waals surface area (Å²) in [5, 5.41) is 0. The molecule has 0 rings (SSSR count). The molecule has 0 aliphatic carbocycles. The fourth-order valence-corrected chi connectivity index (χ4v) is 4.88. The monoisotopic (exact) mass is 400 g/mol. The molecule has 0 aliphatic rings. The van der Waals surface area contributed by atoms with Crippen molar-refractivity contribution in [3.63, 3.8) is 0 Å². The van der Waals surface area contributed by atoms with Crippen LogP contribution in [-0.2, 0) is 22.7 Å². The first-order valence-corrected chi connectivity index (χ1v) is 9.99. The predicted octanol–water partition coefficient (Wildman–Crippen LogP) is 3.57. The fraction of sp³-hybridized carbons (Fsp3) is 0.538. The lowest BCUT2D eigenvalue weighted by atomic mass is 10.6. The molecule has 0 aliphatic heterocycles. The Balaban J connectivity index is 5.53. The zero-order chi connectivity index (χ0) is 18.0. The second-order valence-corrected chi connectivity index (χ2v) is 10.5. The Hall–Kier alpha value is -0.440. The largest absolute Gasteiger partial charge is 0.380 e. The van der Waals surface area contributed by atoms with E-state index in [2.05, 4.69) is 40.0 Å². The molecule has 0 fully saturated rings. The molecule has 0 radical (unpaired) electrons. The first kappa shape index (κ1) is 22.6. The molecule has 0 heterocycles. The Labute approximate surface area is 146 Å². The van der Waals surface area contributed by atoms with Crippen LogP contribution in [-0.4, -0.2) is 28.5 Å². The van der Waals surface area contributed by atoms with Crippen LogP contribution in [0.1, 0.15) is 20.8 Å². The summed E-state index contributed by atoms with van der Waals surface area (Å²) in [6.07, 6.45) is 0. The molecule has 23 heavy (non-hydrogen) atoms. The van der Waals surface area contributed by atoms with Crippen LogP contribution in [0.4, 0.5) is 0 Å². The summed E-state index contributed by atoms with van der Waals surface area (Å²) in [5.74, 6) is 14.7. The van der Waals surface area contributed by atoms with E-state index < -0.39 is 25.6 Å². The van der Waals surface area contributed by atoms with Gasteiger partial charge in [0, 0.05) is 0 Å². The standard InChI is InChI=1S/C13H16Cl2O6P2/c1-4-7-10-19-22(16,17)13(14,15)23(18,20-11-8-5-2)21-12-9-6-3/h10-12H2,1-3H3,(H,16,17). The van der Waals surface area contributed by atoms with Crippen molar-refractivity contribution in [1.29, 1.82) is 0 Å². The minimum atomic E-state index is -4.83. The van der Waals surface area contributed by atoms with Gasteiger partial charge in [0.05, 0.1) is 0 Å². The quantitative estimate of drug-likeness (QED) is 0.381. The summed E-state index contributed by atoms with van der Waals surface area (Å²) in [5.41, 5.74) is 0. The molecule has 10 heteroatoms. The Morgan fingerprint density at radius 3 is 1.57 bits per heavy atom. The van der Waals surface area contributed by atoms with E-state index in [0.717, 1.165) is 0 Å². The Kier molecular flexibility index (Phi) is 10.2. The highest BCUT2D eigenvalue weighted by molar-refractivity contribution is 7.79. The first-order chi connectivity index (χ1) is 10.7.